The van der Waals surface area contributed by atoms with Crippen molar-refractivity contribution in [3.63, 3.8) is 0 Å². The van der Waals surface area contributed by atoms with Gasteiger partial charge in [-0.25, -0.2) is 4.98 Å². The summed E-state index contributed by atoms with van der Waals surface area (Å²) in [7, 11) is 0. The van der Waals surface area contributed by atoms with Crippen molar-refractivity contribution in [2.75, 3.05) is 6.54 Å². The molecule has 122 valence electrons. The number of pyridine rings is 1. The summed E-state index contributed by atoms with van der Waals surface area (Å²) >= 11 is 0. The maximum Gasteiger partial charge on any atom is 0.220 e. The summed E-state index contributed by atoms with van der Waals surface area (Å²) in [6, 6.07) is 5.78. The highest BCUT2D eigenvalue weighted by Crippen LogP contribution is 2.28. The molecule has 0 aliphatic heterocycles. The Morgan fingerprint density at radius 2 is 2.09 bits per heavy atom. The highest BCUT2D eigenvalue weighted by atomic mass is 16.1. The lowest BCUT2D eigenvalue weighted by molar-refractivity contribution is -0.121. The van der Waals surface area contributed by atoms with Gasteiger partial charge >= 0.3 is 0 Å². The number of hydrogen-bond acceptors (Lipinski definition) is 3. The van der Waals surface area contributed by atoms with E-state index >= 15 is 0 Å². The lowest BCUT2D eigenvalue weighted by Crippen LogP contribution is -2.27. The molecule has 3 rings (SSSR count). The van der Waals surface area contributed by atoms with Gasteiger partial charge in [-0.1, -0.05) is 31.7 Å². The summed E-state index contributed by atoms with van der Waals surface area (Å²) in [5.74, 6) is 1.77. The fraction of sp³-hybridized carbons (Fsp3) is 0.500. The van der Waals surface area contributed by atoms with Crippen LogP contribution >= 0.6 is 0 Å². The monoisotopic (exact) mass is 312 g/mol. The molecule has 23 heavy (non-hydrogen) atoms. The van der Waals surface area contributed by atoms with E-state index in [4.69, 9.17) is 0 Å². The van der Waals surface area contributed by atoms with Crippen LogP contribution in [0.4, 0.5) is 0 Å². The summed E-state index contributed by atoms with van der Waals surface area (Å²) < 4.78 is 2.03. The number of nitrogens with one attached hydrogen (secondary N) is 1. The third-order valence-corrected chi connectivity index (χ3v) is 4.54. The quantitative estimate of drug-likeness (QED) is 0.855. The van der Waals surface area contributed by atoms with Gasteiger partial charge in [0.1, 0.15) is 5.69 Å². The fourth-order valence-electron chi connectivity index (χ4n) is 3.26. The van der Waals surface area contributed by atoms with E-state index in [0.717, 1.165) is 23.9 Å². The van der Waals surface area contributed by atoms with Crippen molar-refractivity contribution < 1.29 is 4.79 Å². The summed E-state index contributed by atoms with van der Waals surface area (Å²) in [5, 5.41) is 3.02. The smallest absolute Gasteiger partial charge is 0.220 e. The molecule has 1 fully saturated rings. The van der Waals surface area contributed by atoms with Gasteiger partial charge in [0, 0.05) is 38.1 Å². The fourth-order valence-corrected chi connectivity index (χ4v) is 3.26. The number of carbonyl (C=O) groups excluding carboxylic acids is 1. The van der Waals surface area contributed by atoms with Crippen LogP contribution in [0.2, 0.25) is 0 Å². The molecule has 0 unspecified atom stereocenters. The summed E-state index contributed by atoms with van der Waals surface area (Å²) in [4.78, 5) is 20.6. The van der Waals surface area contributed by atoms with Crippen LogP contribution in [0.15, 0.2) is 36.8 Å². The molecule has 0 spiro atoms. The van der Waals surface area contributed by atoms with Crippen LogP contribution in [0.3, 0.4) is 0 Å². The standard InChI is InChI=1S/C18H24N4O/c23-17(9-8-15-5-1-2-6-15)20-11-13-22-14-12-21-18(22)16-7-3-4-10-19-16/h3-4,7,10,12,14-15H,1-2,5-6,8-9,11,13H2,(H,20,23). The molecular weight excluding hydrogens is 288 g/mol. The first-order valence-electron chi connectivity index (χ1n) is 8.52. The molecule has 0 aromatic carbocycles. The first-order valence-corrected chi connectivity index (χ1v) is 8.52. The molecule has 1 saturated carbocycles. The summed E-state index contributed by atoms with van der Waals surface area (Å²) in [5.41, 5.74) is 0.852. The van der Waals surface area contributed by atoms with Crippen LogP contribution in [-0.4, -0.2) is 27.0 Å². The predicted octanol–water partition coefficient (Wildman–Crippen LogP) is 3.03. The Balaban J connectivity index is 1.44. The van der Waals surface area contributed by atoms with Crippen LogP contribution < -0.4 is 5.32 Å². The molecule has 1 N–H and O–H groups in total. The third kappa shape index (κ3) is 4.41. The van der Waals surface area contributed by atoms with Gasteiger partial charge in [-0.05, 0) is 24.5 Å². The Morgan fingerprint density at radius 3 is 2.87 bits per heavy atom. The molecule has 0 saturated heterocycles. The minimum Gasteiger partial charge on any atom is -0.354 e. The number of carbonyl (C=O) groups is 1. The lowest BCUT2D eigenvalue weighted by atomic mass is 10.0. The average Bonchev–Trinajstić information content (AvgIpc) is 3.25. The van der Waals surface area contributed by atoms with Gasteiger partial charge in [-0.3, -0.25) is 9.78 Å². The van der Waals surface area contributed by atoms with Gasteiger partial charge < -0.3 is 9.88 Å². The molecule has 2 heterocycles. The van der Waals surface area contributed by atoms with E-state index in [9.17, 15) is 4.79 Å². The second-order valence-electron chi connectivity index (χ2n) is 6.20. The molecule has 5 heteroatoms. The first kappa shape index (κ1) is 15.7. The Labute approximate surface area is 137 Å². The average molecular weight is 312 g/mol. The molecule has 2 aromatic rings. The van der Waals surface area contributed by atoms with E-state index in [-0.39, 0.29) is 5.91 Å². The summed E-state index contributed by atoms with van der Waals surface area (Å²) in [6.45, 7) is 1.33. The zero-order valence-corrected chi connectivity index (χ0v) is 13.4. The highest BCUT2D eigenvalue weighted by molar-refractivity contribution is 5.75. The van der Waals surface area contributed by atoms with Crippen LogP contribution in [0.25, 0.3) is 11.5 Å². The minimum atomic E-state index is 0.163. The number of nitrogens with zero attached hydrogens (tertiary/aromatic N) is 3. The third-order valence-electron chi connectivity index (χ3n) is 4.54. The van der Waals surface area contributed by atoms with Crippen molar-refractivity contribution >= 4 is 5.91 Å². The van der Waals surface area contributed by atoms with Crippen molar-refractivity contribution in [2.45, 2.75) is 45.1 Å². The van der Waals surface area contributed by atoms with Crippen molar-refractivity contribution in [3.05, 3.63) is 36.8 Å². The molecule has 2 aromatic heterocycles. The van der Waals surface area contributed by atoms with Crippen LogP contribution in [-0.2, 0) is 11.3 Å². The topological polar surface area (TPSA) is 59.8 Å². The van der Waals surface area contributed by atoms with E-state index < -0.39 is 0 Å². The zero-order valence-electron chi connectivity index (χ0n) is 13.4. The van der Waals surface area contributed by atoms with Crippen LogP contribution in [0.1, 0.15) is 38.5 Å². The van der Waals surface area contributed by atoms with Gasteiger partial charge in [0.05, 0.1) is 0 Å². The Kier molecular flexibility index (Phi) is 5.40. The van der Waals surface area contributed by atoms with Gasteiger partial charge in [-0.15, -0.1) is 0 Å². The number of rotatable bonds is 7. The molecule has 0 radical (unpaired) electrons. The number of aromatic nitrogens is 3. The summed E-state index contributed by atoms with van der Waals surface area (Å²) in [6.07, 6.45) is 12.4. The van der Waals surface area contributed by atoms with Crippen molar-refractivity contribution in [1.29, 1.82) is 0 Å². The zero-order chi connectivity index (χ0) is 15.9. The normalized spacial score (nSPS) is 15.0. The highest BCUT2D eigenvalue weighted by Gasteiger charge is 2.16. The molecule has 1 aliphatic carbocycles. The Bertz CT molecular complexity index is 617. The van der Waals surface area contributed by atoms with E-state index in [1.165, 1.54) is 25.7 Å². The molecule has 5 nitrogen and oxygen atoms in total. The van der Waals surface area contributed by atoms with Crippen molar-refractivity contribution in [2.24, 2.45) is 5.92 Å². The first-order chi connectivity index (χ1) is 11.3. The number of imidazole rings is 1. The molecule has 1 aliphatic rings. The SMILES string of the molecule is O=C(CCC1CCCC1)NCCn1ccnc1-c1ccccn1. The Morgan fingerprint density at radius 1 is 1.22 bits per heavy atom. The van der Waals surface area contributed by atoms with E-state index in [0.29, 0.717) is 19.5 Å². The second-order valence-corrected chi connectivity index (χ2v) is 6.20. The van der Waals surface area contributed by atoms with Crippen LogP contribution in [0, 0.1) is 5.92 Å². The van der Waals surface area contributed by atoms with Gasteiger partial charge in [-0.2, -0.15) is 0 Å². The predicted molar refractivity (Wildman–Crippen MR) is 89.7 cm³/mol. The van der Waals surface area contributed by atoms with Crippen molar-refractivity contribution in [1.82, 2.24) is 19.9 Å². The van der Waals surface area contributed by atoms with Gasteiger partial charge in [0.2, 0.25) is 5.91 Å². The second kappa shape index (κ2) is 7.90. The van der Waals surface area contributed by atoms with Gasteiger partial charge in [0.25, 0.3) is 0 Å². The largest absolute Gasteiger partial charge is 0.354 e. The van der Waals surface area contributed by atoms with E-state index in [1.54, 1.807) is 12.4 Å². The maximum absolute atomic E-state index is 11.9. The lowest BCUT2D eigenvalue weighted by Gasteiger charge is -2.10. The maximum atomic E-state index is 11.9. The number of hydrogen-bond donors (Lipinski definition) is 1. The van der Waals surface area contributed by atoms with Gasteiger partial charge in [0.15, 0.2) is 5.82 Å². The van der Waals surface area contributed by atoms with E-state index in [2.05, 4.69) is 15.3 Å². The molecule has 1 amide bonds. The molecule has 0 bridgehead atoms. The molecule has 0 atom stereocenters. The van der Waals surface area contributed by atoms with Crippen molar-refractivity contribution in [3.8, 4) is 11.5 Å². The minimum absolute atomic E-state index is 0.163. The number of amides is 1. The molecular formula is C18H24N4O. The van der Waals surface area contributed by atoms with Crippen LogP contribution in [0.5, 0.6) is 0 Å². The van der Waals surface area contributed by atoms with E-state index in [1.807, 2.05) is 29.0 Å². The Hall–Kier alpha value is -2.17.